The highest BCUT2D eigenvalue weighted by Crippen LogP contribution is 2.11. The van der Waals surface area contributed by atoms with Crippen LogP contribution in [0.2, 0.25) is 0 Å². The molecule has 0 saturated heterocycles. The molecule has 4 N–H and O–H groups in total. The Morgan fingerprint density at radius 3 is 2.46 bits per heavy atom. The predicted molar refractivity (Wildman–Crippen MR) is 89.7 cm³/mol. The van der Waals surface area contributed by atoms with Gasteiger partial charge in [0.1, 0.15) is 11.3 Å². The zero-order valence-corrected chi connectivity index (χ0v) is 14.4. The number of alkyl carbamates (subject to hydrolysis) is 1. The summed E-state index contributed by atoms with van der Waals surface area (Å²) in [5.74, 6) is -2.14. The molecule has 0 unspecified atom stereocenters. The van der Waals surface area contributed by atoms with Crippen molar-refractivity contribution in [2.24, 2.45) is 15.9 Å². The molecule has 0 aromatic carbocycles. The normalized spacial score (nSPS) is 12.3. The van der Waals surface area contributed by atoms with Crippen molar-refractivity contribution in [1.82, 2.24) is 5.32 Å². The third-order valence-corrected chi connectivity index (χ3v) is 2.57. The molecule has 11 heteroatoms. The first-order chi connectivity index (χ1) is 11.1. The first-order valence-corrected chi connectivity index (χ1v) is 7.59. The second kappa shape index (κ2) is 10.3. The van der Waals surface area contributed by atoms with E-state index in [1.807, 2.05) is 0 Å². The SMILES string of the molecule is C=NC(=C\SCNC(=O)OC(C)(C)C)/C(=N/OCC(N)=O)C(=O)O. The third-order valence-electron chi connectivity index (χ3n) is 1.87. The number of rotatable bonds is 9. The van der Waals surface area contributed by atoms with E-state index in [4.69, 9.17) is 15.6 Å². The maximum Gasteiger partial charge on any atom is 0.408 e. The second-order valence-corrected chi connectivity index (χ2v) is 5.99. The van der Waals surface area contributed by atoms with E-state index in [1.165, 1.54) is 5.41 Å². The van der Waals surface area contributed by atoms with Gasteiger partial charge in [0.05, 0.1) is 5.88 Å². The molecule has 0 aromatic heterocycles. The van der Waals surface area contributed by atoms with Crippen LogP contribution in [0.15, 0.2) is 21.3 Å². The van der Waals surface area contributed by atoms with Crippen LogP contribution in [0.5, 0.6) is 0 Å². The van der Waals surface area contributed by atoms with E-state index < -0.39 is 35.9 Å². The number of aliphatic carboxylic acids is 1. The van der Waals surface area contributed by atoms with Gasteiger partial charge in [-0.25, -0.2) is 9.59 Å². The number of hydrogen-bond donors (Lipinski definition) is 3. The summed E-state index contributed by atoms with van der Waals surface area (Å²) in [5.41, 5.74) is 3.55. The summed E-state index contributed by atoms with van der Waals surface area (Å²) in [6.45, 7) is 7.83. The van der Waals surface area contributed by atoms with Crippen LogP contribution in [0, 0.1) is 0 Å². The molecule has 0 fully saturated rings. The van der Waals surface area contributed by atoms with Crippen LogP contribution < -0.4 is 11.1 Å². The number of carbonyl (C=O) groups excluding carboxylic acids is 2. The smallest absolute Gasteiger partial charge is 0.408 e. The van der Waals surface area contributed by atoms with Crippen molar-refractivity contribution in [3.05, 3.63) is 11.1 Å². The Labute approximate surface area is 143 Å². The van der Waals surface area contributed by atoms with E-state index in [0.717, 1.165) is 11.8 Å². The Balaban J connectivity index is 4.70. The number of nitrogens with one attached hydrogen (secondary N) is 1. The van der Waals surface area contributed by atoms with Crippen LogP contribution in [0.3, 0.4) is 0 Å². The molecule has 2 amide bonds. The lowest BCUT2D eigenvalue weighted by molar-refractivity contribution is -0.130. The number of carboxylic acid groups (broad SMARTS) is 1. The first-order valence-electron chi connectivity index (χ1n) is 6.54. The Hall–Kier alpha value is -2.56. The Kier molecular flexibility index (Phi) is 9.16. The molecule has 0 atom stereocenters. The molecule has 0 saturated carbocycles. The summed E-state index contributed by atoms with van der Waals surface area (Å²) in [5, 5.41) is 16.1. The fourth-order valence-electron chi connectivity index (χ4n) is 1.06. The zero-order valence-electron chi connectivity index (χ0n) is 13.6. The molecule has 24 heavy (non-hydrogen) atoms. The minimum atomic E-state index is -1.43. The number of thioether (sulfide) groups is 1. The molecular formula is C13H20N4O6S. The van der Waals surface area contributed by atoms with Gasteiger partial charge in [0.2, 0.25) is 5.71 Å². The van der Waals surface area contributed by atoms with Crippen LogP contribution in [-0.4, -0.2) is 53.6 Å². The van der Waals surface area contributed by atoms with Crippen molar-refractivity contribution >= 4 is 42.2 Å². The largest absolute Gasteiger partial charge is 0.476 e. The van der Waals surface area contributed by atoms with Gasteiger partial charge in [-0.3, -0.25) is 9.79 Å². The molecule has 0 aromatic rings. The molecule has 0 heterocycles. The van der Waals surface area contributed by atoms with Gasteiger partial charge in [0.25, 0.3) is 5.91 Å². The quantitative estimate of drug-likeness (QED) is 0.236. The minimum absolute atomic E-state index is 0.100. The van der Waals surface area contributed by atoms with Gasteiger partial charge in [-0.15, -0.1) is 11.8 Å². The van der Waals surface area contributed by atoms with E-state index >= 15 is 0 Å². The van der Waals surface area contributed by atoms with Crippen LogP contribution in [0.4, 0.5) is 4.79 Å². The Morgan fingerprint density at radius 2 is 2.00 bits per heavy atom. The Morgan fingerprint density at radius 1 is 1.38 bits per heavy atom. The van der Waals surface area contributed by atoms with Gasteiger partial charge >= 0.3 is 12.1 Å². The first kappa shape index (κ1) is 21.4. The average Bonchev–Trinajstić information content (AvgIpc) is 2.42. The molecule has 0 aliphatic rings. The molecule has 10 nitrogen and oxygen atoms in total. The van der Waals surface area contributed by atoms with Gasteiger partial charge in [0, 0.05) is 5.41 Å². The molecule has 0 bridgehead atoms. The fraction of sp³-hybridized carbons (Fsp3) is 0.462. The molecular weight excluding hydrogens is 340 g/mol. The van der Waals surface area contributed by atoms with Crippen LogP contribution in [-0.2, 0) is 19.2 Å². The summed E-state index contributed by atoms with van der Waals surface area (Å²) < 4.78 is 5.03. The number of carbonyl (C=O) groups is 3. The second-order valence-electron chi connectivity index (χ2n) is 5.14. The van der Waals surface area contributed by atoms with Gasteiger partial charge in [0.15, 0.2) is 6.61 Å². The molecule has 134 valence electrons. The van der Waals surface area contributed by atoms with E-state index in [1.54, 1.807) is 20.8 Å². The van der Waals surface area contributed by atoms with Crippen LogP contribution in [0.25, 0.3) is 0 Å². The van der Waals surface area contributed by atoms with Crippen molar-refractivity contribution in [2.45, 2.75) is 26.4 Å². The topological polar surface area (TPSA) is 153 Å². The number of nitrogens with zero attached hydrogens (tertiary/aromatic N) is 2. The van der Waals surface area contributed by atoms with Crippen LogP contribution in [0.1, 0.15) is 20.8 Å². The Bertz CT molecular complexity index is 553. The molecule has 0 spiro atoms. The van der Waals surface area contributed by atoms with Gasteiger partial charge in [-0.1, -0.05) is 5.16 Å². The lowest BCUT2D eigenvalue weighted by atomic mass is 10.2. The van der Waals surface area contributed by atoms with E-state index in [2.05, 4.69) is 27.0 Å². The summed E-state index contributed by atoms with van der Waals surface area (Å²) >= 11 is 1.03. The zero-order chi connectivity index (χ0) is 18.8. The molecule has 0 aliphatic carbocycles. The summed E-state index contributed by atoms with van der Waals surface area (Å²) in [4.78, 5) is 41.1. The van der Waals surface area contributed by atoms with E-state index in [-0.39, 0.29) is 11.6 Å². The fourth-order valence-corrected chi connectivity index (χ4v) is 1.69. The molecule has 0 rings (SSSR count). The molecule has 0 radical (unpaired) electrons. The summed E-state index contributed by atoms with van der Waals surface area (Å²) in [7, 11) is 0. The highest BCUT2D eigenvalue weighted by atomic mass is 32.2. The van der Waals surface area contributed by atoms with E-state index in [9.17, 15) is 14.4 Å². The third kappa shape index (κ3) is 10.2. The van der Waals surface area contributed by atoms with Crippen molar-refractivity contribution in [2.75, 3.05) is 12.5 Å². The predicted octanol–water partition coefficient (Wildman–Crippen LogP) is 0.686. The monoisotopic (exact) mass is 360 g/mol. The molecule has 0 aliphatic heterocycles. The minimum Gasteiger partial charge on any atom is -0.476 e. The number of nitrogens with two attached hydrogens (primary N) is 1. The highest BCUT2D eigenvalue weighted by Gasteiger charge is 2.17. The van der Waals surface area contributed by atoms with Crippen molar-refractivity contribution in [3.8, 4) is 0 Å². The number of carboxylic acids is 1. The summed E-state index contributed by atoms with van der Waals surface area (Å²) in [6, 6.07) is 0. The number of hydrogen-bond acceptors (Lipinski definition) is 8. The van der Waals surface area contributed by atoms with Crippen molar-refractivity contribution in [1.29, 1.82) is 0 Å². The maximum absolute atomic E-state index is 11.4. The number of oxime groups is 1. The number of primary amides is 1. The van der Waals surface area contributed by atoms with E-state index in [0.29, 0.717) is 0 Å². The number of ether oxygens (including phenoxy) is 1. The number of aliphatic imine (C=N–C) groups is 1. The maximum atomic E-state index is 11.4. The van der Waals surface area contributed by atoms with Crippen molar-refractivity contribution < 1.29 is 29.1 Å². The lowest BCUT2D eigenvalue weighted by Crippen LogP contribution is -2.32. The average molecular weight is 360 g/mol. The summed E-state index contributed by atoms with van der Waals surface area (Å²) in [6.07, 6.45) is -0.617. The number of amides is 2. The lowest BCUT2D eigenvalue weighted by Gasteiger charge is -2.19. The highest BCUT2D eigenvalue weighted by molar-refractivity contribution is 8.02. The van der Waals surface area contributed by atoms with Crippen LogP contribution >= 0.6 is 11.8 Å². The van der Waals surface area contributed by atoms with Crippen molar-refractivity contribution in [3.63, 3.8) is 0 Å². The standard InChI is InChI=1S/C13H20N4O6S/c1-13(2,3)23-12(21)16-7-24-6-8(15-4)10(11(19)20)17-22-5-9(14)18/h6H,4-5,7H2,1-3H3,(H2,14,18)(H,16,21)(H,19,20)/b8-6-,17-10-. The van der Waals surface area contributed by atoms with Gasteiger partial charge in [-0.2, -0.15) is 0 Å². The van der Waals surface area contributed by atoms with Gasteiger partial charge < -0.3 is 25.7 Å². The van der Waals surface area contributed by atoms with Gasteiger partial charge in [-0.05, 0) is 27.5 Å².